The van der Waals surface area contributed by atoms with Crippen molar-refractivity contribution in [2.45, 2.75) is 91.3 Å². The van der Waals surface area contributed by atoms with Gasteiger partial charge in [0.2, 0.25) is 11.8 Å². The van der Waals surface area contributed by atoms with Crippen molar-refractivity contribution in [3.63, 3.8) is 0 Å². The predicted molar refractivity (Wildman–Crippen MR) is 109 cm³/mol. The number of amides is 1. The molecule has 29 heavy (non-hydrogen) atoms. The fraction of sp³-hybridized carbons (Fsp3) is 0.810. The molecule has 1 fully saturated rings. The average molecular weight is 409 g/mol. The van der Waals surface area contributed by atoms with Gasteiger partial charge in [0.1, 0.15) is 12.1 Å². The largest absolute Gasteiger partial charge is 0.459 e. The highest BCUT2D eigenvalue weighted by atomic mass is 16.6. The van der Waals surface area contributed by atoms with Gasteiger partial charge in [0.05, 0.1) is 6.54 Å². The molecule has 0 N–H and O–H groups in total. The third-order valence-corrected chi connectivity index (χ3v) is 4.85. The lowest BCUT2D eigenvalue weighted by Gasteiger charge is -2.30. The second-order valence-electron chi connectivity index (χ2n) is 9.86. The van der Waals surface area contributed by atoms with E-state index in [2.05, 4.69) is 35.8 Å². The predicted octanol–water partition coefficient (Wildman–Crippen LogP) is 2.91. The van der Waals surface area contributed by atoms with Gasteiger partial charge in [0.15, 0.2) is 5.82 Å². The Kier molecular flexibility index (Phi) is 7.43. The molecule has 0 radical (unpaired) electrons. The molecule has 8 heteroatoms. The lowest BCUT2D eigenvalue weighted by molar-refractivity contribution is -0.159. The molecule has 1 aromatic rings. The van der Waals surface area contributed by atoms with Crippen molar-refractivity contribution in [3.05, 3.63) is 11.7 Å². The number of hydrogen-bond donors (Lipinski definition) is 0. The SMILES string of the molecule is CC(=O)N(CC(=O)OC(C)(C)C)[C@@H]1CCCN(Cc2nc(C(C)(C)C)no2)CC1. The Morgan fingerprint density at radius 2 is 1.86 bits per heavy atom. The first-order chi connectivity index (χ1) is 13.3. The molecule has 1 aliphatic heterocycles. The van der Waals surface area contributed by atoms with Gasteiger partial charge in [-0.1, -0.05) is 25.9 Å². The summed E-state index contributed by atoms with van der Waals surface area (Å²) in [5.74, 6) is 0.862. The van der Waals surface area contributed by atoms with Crippen LogP contribution in [0.4, 0.5) is 0 Å². The van der Waals surface area contributed by atoms with E-state index in [1.165, 1.54) is 6.92 Å². The lowest BCUT2D eigenvalue weighted by Crippen LogP contribution is -2.44. The van der Waals surface area contributed by atoms with Gasteiger partial charge >= 0.3 is 5.97 Å². The highest BCUT2D eigenvalue weighted by Crippen LogP contribution is 2.21. The number of esters is 1. The van der Waals surface area contributed by atoms with Crippen molar-refractivity contribution in [2.24, 2.45) is 0 Å². The van der Waals surface area contributed by atoms with Crippen molar-refractivity contribution in [2.75, 3.05) is 19.6 Å². The summed E-state index contributed by atoms with van der Waals surface area (Å²) in [6.07, 6.45) is 2.58. The minimum atomic E-state index is -0.560. The molecule has 0 unspecified atom stereocenters. The third-order valence-electron chi connectivity index (χ3n) is 4.85. The Bertz CT molecular complexity index is 702. The first-order valence-corrected chi connectivity index (χ1v) is 10.4. The summed E-state index contributed by atoms with van der Waals surface area (Å²) in [5, 5.41) is 4.09. The van der Waals surface area contributed by atoms with E-state index in [4.69, 9.17) is 9.26 Å². The van der Waals surface area contributed by atoms with E-state index in [0.29, 0.717) is 18.3 Å². The maximum Gasteiger partial charge on any atom is 0.326 e. The molecule has 0 bridgehead atoms. The molecule has 0 aliphatic carbocycles. The van der Waals surface area contributed by atoms with Crippen LogP contribution < -0.4 is 0 Å². The lowest BCUT2D eigenvalue weighted by atomic mass is 9.96. The Hall–Kier alpha value is -1.96. The molecular formula is C21H36N4O4. The zero-order chi connectivity index (χ0) is 21.8. The zero-order valence-corrected chi connectivity index (χ0v) is 18.9. The smallest absolute Gasteiger partial charge is 0.326 e. The maximum absolute atomic E-state index is 12.2. The molecule has 0 spiro atoms. The first kappa shape index (κ1) is 23.3. The minimum absolute atomic E-state index is 0.00410. The normalized spacial score (nSPS) is 18.9. The van der Waals surface area contributed by atoms with Crippen LogP contribution in [-0.2, 0) is 26.3 Å². The number of rotatable bonds is 5. The summed E-state index contributed by atoms with van der Waals surface area (Å²) in [6, 6.07) is 0.0258. The summed E-state index contributed by atoms with van der Waals surface area (Å²) in [4.78, 5) is 32.9. The Morgan fingerprint density at radius 3 is 2.41 bits per heavy atom. The molecule has 0 aromatic carbocycles. The van der Waals surface area contributed by atoms with Gasteiger partial charge in [0, 0.05) is 24.9 Å². The Labute approximate surface area is 174 Å². The van der Waals surface area contributed by atoms with Crippen LogP contribution in [0, 0.1) is 0 Å². The number of nitrogens with zero attached hydrogens (tertiary/aromatic N) is 4. The highest BCUT2D eigenvalue weighted by molar-refractivity contribution is 5.81. The van der Waals surface area contributed by atoms with E-state index < -0.39 is 5.60 Å². The fourth-order valence-corrected chi connectivity index (χ4v) is 3.43. The van der Waals surface area contributed by atoms with Crippen LogP contribution in [-0.4, -0.2) is 63.1 Å². The molecule has 1 aromatic heterocycles. The average Bonchev–Trinajstić information content (AvgIpc) is 2.91. The molecule has 164 valence electrons. The van der Waals surface area contributed by atoms with Crippen LogP contribution >= 0.6 is 0 Å². The Balaban J connectivity index is 1.95. The monoisotopic (exact) mass is 408 g/mol. The molecule has 1 aliphatic rings. The quantitative estimate of drug-likeness (QED) is 0.692. The second kappa shape index (κ2) is 9.24. The number of carbonyl (C=O) groups is 2. The standard InChI is InChI=1S/C21H36N4O4/c1-15(26)25(14-18(27)28-21(5,6)7)16-9-8-11-24(12-10-16)13-17-22-19(23-29-17)20(2,3)4/h16H,8-14H2,1-7H3/t16-/m1/s1. The minimum Gasteiger partial charge on any atom is -0.459 e. The van der Waals surface area contributed by atoms with Crippen LogP contribution in [0.15, 0.2) is 4.52 Å². The molecule has 0 saturated carbocycles. The van der Waals surface area contributed by atoms with Crippen LogP contribution in [0.1, 0.15) is 79.4 Å². The van der Waals surface area contributed by atoms with Crippen LogP contribution in [0.3, 0.4) is 0 Å². The van der Waals surface area contributed by atoms with E-state index in [1.54, 1.807) is 4.90 Å². The van der Waals surface area contributed by atoms with E-state index in [1.807, 2.05) is 20.8 Å². The van der Waals surface area contributed by atoms with Crippen molar-refractivity contribution < 1.29 is 18.8 Å². The second-order valence-corrected chi connectivity index (χ2v) is 9.86. The summed E-state index contributed by atoms with van der Waals surface area (Å²) in [6.45, 7) is 15.5. The summed E-state index contributed by atoms with van der Waals surface area (Å²) in [7, 11) is 0. The van der Waals surface area contributed by atoms with Crippen molar-refractivity contribution in [1.29, 1.82) is 0 Å². The summed E-state index contributed by atoms with van der Waals surface area (Å²) in [5.41, 5.74) is -0.703. The van der Waals surface area contributed by atoms with Crippen LogP contribution in [0.2, 0.25) is 0 Å². The van der Waals surface area contributed by atoms with E-state index >= 15 is 0 Å². The highest BCUT2D eigenvalue weighted by Gasteiger charge is 2.29. The van der Waals surface area contributed by atoms with E-state index in [-0.39, 0.29) is 29.9 Å². The molecule has 1 atom stereocenters. The topological polar surface area (TPSA) is 88.8 Å². The zero-order valence-electron chi connectivity index (χ0n) is 18.9. The van der Waals surface area contributed by atoms with Gasteiger partial charge in [-0.05, 0) is 46.6 Å². The summed E-state index contributed by atoms with van der Waals surface area (Å²) >= 11 is 0. The molecule has 1 amide bonds. The van der Waals surface area contributed by atoms with Crippen LogP contribution in [0.25, 0.3) is 0 Å². The van der Waals surface area contributed by atoms with Gasteiger partial charge in [-0.3, -0.25) is 14.5 Å². The van der Waals surface area contributed by atoms with Crippen molar-refractivity contribution in [1.82, 2.24) is 19.9 Å². The van der Waals surface area contributed by atoms with E-state index in [0.717, 1.165) is 32.4 Å². The maximum atomic E-state index is 12.2. The number of likely N-dealkylation sites (tertiary alicyclic amines) is 1. The fourth-order valence-electron chi connectivity index (χ4n) is 3.43. The van der Waals surface area contributed by atoms with E-state index in [9.17, 15) is 9.59 Å². The molecule has 2 rings (SSSR count). The summed E-state index contributed by atoms with van der Waals surface area (Å²) < 4.78 is 10.8. The van der Waals surface area contributed by atoms with Gasteiger partial charge < -0.3 is 14.2 Å². The number of carbonyl (C=O) groups excluding carboxylic acids is 2. The van der Waals surface area contributed by atoms with Gasteiger partial charge in [0.25, 0.3) is 0 Å². The molecular weight excluding hydrogens is 372 g/mol. The number of hydrogen-bond acceptors (Lipinski definition) is 7. The first-order valence-electron chi connectivity index (χ1n) is 10.4. The Morgan fingerprint density at radius 1 is 1.17 bits per heavy atom. The van der Waals surface area contributed by atoms with Gasteiger partial charge in [-0.25, -0.2) is 0 Å². The van der Waals surface area contributed by atoms with Crippen LogP contribution in [0.5, 0.6) is 0 Å². The molecule has 2 heterocycles. The van der Waals surface area contributed by atoms with Crippen molar-refractivity contribution in [3.8, 4) is 0 Å². The van der Waals surface area contributed by atoms with Crippen molar-refractivity contribution >= 4 is 11.9 Å². The number of aromatic nitrogens is 2. The van der Waals surface area contributed by atoms with Gasteiger partial charge in [-0.15, -0.1) is 0 Å². The third kappa shape index (κ3) is 7.42. The van der Waals surface area contributed by atoms with Gasteiger partial charge in [-0.2, -0.15) is 4.98 Å². The number of ether oxygens (including phenoxy) is 1. The molecule has 8 nitrogen and oxygen atoms in total. The molecule has 1 saturated heterocycles.